The number of ether oxygens (including phenoxy) is 1. The first-order valence-corrected chi connectivity index (χ1v) is 6.19. The monoisotopic (exact) mass is 245 g/mol. The van der Waals surface area contributed by atoms with Gasteiger partial charge in [-0.3, -0.25) is 0 Å². The maximum atomic E-state index is 5.62. The van der Waals surface area contributed by atoms with Crippen LogP contribution in [0.4, 0.5) is 5.69 Å². The van der Waals surface area contributed by atoms with Gasteiger partial charge < -0.3 is 10.5 Å². The van der Waals surface area contributed by atoms with Gasteiger partial charge in [-0.15, -0.1) is 0 Å². The molecule has 0 radical (unpaired) electrons. The van der Waals surface area contributed by atoms with E-state index in [0.29, 0.717) is 18.3 Å². The lowest BCUT2D eigenvalue weighted by Gasteiger charge is -2.10. The van der Waals surface area contributed by atoms with Crippen LogP contribution in [-0.2, 0) is 6.73 Å². The highest BCUT2D eigenvalue weighted by Gasteiger charge is 2.03. The van der Waals surface area contributed by atoms with Crippen LogP contribution < -0.4 is 10.5 Å². The molecule has 0 aliphatic heterocycles. The smallest absolute Gasteiger partial charge is 0.180 e. The van der Waals surface area contributed by atoms with E-state index in [9.17, 15) is 0 Å². The van der Waals surface area contributed by atoms with Crippen molar-refractivity contribution in [2.24, 2.45) is 0 Å². The molecule has 4 nitrogen and oxygen atoms in total. The first-order chi connectivity index (χ1) is 8.69. The third-order valence-corrected chi connectivity index (χ3v) is 3.08. The Morgan fingerprint density at radius 2 is 2.06 bits per heavy atom. The number of benzene rings is 1. The van der Waals surface area contributed by atoms with Crippen LogP contribution in [0.2, 0.25) is 0 Å². The zero-order chi connectivity index (χ0) is 13.0. The first-order valence-electron chi connectivity index (χ1n) is 6.19. The van der Waals surface area contributed by atoms with Crippen molar-refractivity contribution in [1.29, 1.82) is 0 Å². The lowest BCUT2D eigenvalue weighted by Crippen LogP contribution is -2.05. The highest BCUT2D eigenvalue weighted by molar-refractivity contribution is 5.31. The van der Waals surface area contributed by atoms with Crippen LogP contribution >= 0.6 is 0 Å². The standard InChI is InChI=1S/C14H19N3O/c1-3-11(2)12-4-6-14(7-5-12)18-10-17-9-13(15)8-16-17/h4-9,11H,3,10,15H2,1-2H3. The zero-order valence-electron chi connectivity index (χ0n) is 10.8. The Kier molecular flexibility index (Phi) is 3.87. The number of nitrogens with two attached hydrogens (primary N) is 1. The van der Waals surface area contributed by atoms with Gasteiger partial charge in [-0.25, -0.2) is 4.68 Å². The minimum atomic E-state index is 0.375. The number of hydrogen-bond donors (Lipinski definition) is 1. The van der Waals surface area contributed by atoms with Gasteiger partial charge in [-0.2, -0.15) is 5.10 Å². The fourth-order valence-corrected chi connectivity index (χ4v) is 1.72. The van der Waals surface area contributed by atoms with E-state index < -0.39 is 0 Å². The van der Waals surface area contributed by atoms with E-state index in [-0.39, 0.29) is 0 Å². The number of nitrogens with zero attached hydrogens (tertiary/aromatic N) is 2. The van der Waals surface area contributed by atoms with E-state index in [4.69, 9.17) is 10.5 Å². The number of anilines is 1. The number of aromatic nitrogens is 2. The Hall–Kier alpha value is -1.97. The molecule has 0 amide bonds. The molecule has 0 fully saturated rings. The van der Waals surface area contributed by atoms with Crippen molar-refractivity contribution in [3.05, 3.63) is 42.2 Å². The Bertz CT molecular complexity index is 490. The van der Waals surface area contributed by atoms with E-state index in [1.807, 2.05) is 12.1 Å². The van der Waals surface area contributed by atoms with Crippen molar-refractivity contribution in [2.45, 2.75) is 32.9 Å². The molecule has 0 bridgehead atoms. The molecule has 2 rings (SSSR count). The van der Waals surface area contributed by atoms with Crippen LogP contribution in [-0.4, -0.2) is 9.78 Å². The topological polar surface area (TPSA) is 53.1 Å². The first kappa shape index (κ1) is 12.5. The Balaban J connectivity index is 1.94. The highest BCUT2D eigenvalue weighted by Crippen LogP contribution is 2.21. The summed E-state index contributed by atoms with van der Waals surface area (Å²) >= 11 is 0. The van der Waals surface area contributed by atoms with E-state index in [2.05, 4.69) is 31.1 Å². The molecular formula is C14H19N3O. The van der Waals surface area contributed by atoms with Crippen molar-refractivity contribution in [3.63, 3.8) is 0 Å². The summed E-state index contributed by atoms with van der Waals surface area (Å²) in [4.78, 5) is 0. The van der Waals surface area contributed by atoms with Crippen molar-refractivity contribution in [2.75, 3.05) is 5.73 Å². The second kappa shape index (κ2) is 5.58. The van der Waals surface area contributed by atoms with E-state index in [1.165, 1.54) is 5.56 Å². The number of hydrogen-bond acceptors (Lipinski definition) is 3. The Morgan fingerprint density at radius 1 is 1.33 bits per heavy atom. The minimum Gasteiger partial charge on any atom is -0.471 e. The third kappa shape index (κ3) is 3.03. The van der Waals surface area contributed by atoms with Gasteiger partial charge in [0.2, 0.25) is 0 Å². The lowest BCUT2D eigenvalue weighted by molar-refractivity contribution is 0.221. The average molecular weight is 245 g/mol. The SMILES string of the molecule is CCC(C)c1ccc(OCn2cc(N)cn2)cc1. The van der Waals surface area contributed by atoms with Gasteiger partial charge in [0.1, 0.15) is 5.75 Å². The second-order valence-electron chi connectivity index (χ2n) is 4.46. The molecular weight excluding hydrogens is 226 g/mol. The molecule has 1 atom stereocenters. The van der Waals surface area contributed by atoms with Crippen molar-refractivity contribution in [1.82, 2.24) is 9.78 Å². The molecule has 1 aromatic heterocycles. The van der Waals surface area contributed by atoms with Crippen LogP contribution in [0.3, 0.4) is 0 Å². The fraction of sp³-hybridized carbons (Fsp3) is 0.357. The number of nitrogen functional groups attached to an aromatic ring is 1. The maximum Gasteiger partial charge on any atom is 0.180 e. The van der Waals surface area contributed by atoms with Gasteiger partial charge in [0.25, 0.3) is 0 Å². The molecule has 1 heterocycles. The Labute approximate surface area is 107 Å². The maximum absolute atomic E-state index is 5.62. The largest absolute Gasteiger partial charge is 0.471 e. The molecule has 2 aromatic rings. The van der Waals surface area contributed by atoms with Gasteiger partial charge in [-0.05, 0) is 30.0 Å². The van der Waals surface area contributed by atoms with E-state index in [0.717, 1.165) is 12.2 Å². The molecule has 0 aliphatic rings. The van der Waals surface area contributed by atoms with Crippen LogP contribution in [0.15, 0.2) is 36.7 Å². The third-order valence-electron chi connectivity index (χ3n) is 3.08. The normalized spacial score (nSPS) is 12.3. The summed E-state index contributed by atoms with van der Waals surface area (Å²) in [6.07, 6.45) is 4.50. The average Bonchev–Trinajstić information content (AvgIpc) is 2.82. The lowest BCUT2D eigenvalue weighted by atomic mass is 9.99. The predicted octanol–water partition coefficient (Wildman–Crippen LogP) is 3.02. The van der Waals surface area contributed by atoms with Gasteiger partial charge in [0, 0.05) is 0 Å². The highest BCUT2D eigenvalue weighted by atomic mass is 16.5. The minimum absolute atomic E-state index is 0.375. The summed E-state index contributed by atoms with van der Waals surface area (Å²) in [6.45, 7) is 4.79. The second-order valence-corrected chi connectivity index (χ2v) is 4.46. The molecule has 1 aromatic carbocycles. The van der Waals surface area contributed by atoms with Crippen molar-refractivity contribution < 1.29 is 4.74 Å². The molecule has 4 heteroatoms. The van der Waals surface area contributed by atoms with E-state index >= 15 is 0 Å². The summed E-state index contributed by atoms with van der Waals surface area (Å²) in [5.74, 6) is 1.43. The van der Waals surface area contributed by atoms with Crippen LogP contribution in [0.1, 0.15) is 31.7 Å². The zero-order valence-corrected chi connectivity index (χ0v) is 10.8. The van der Waals surface area contributed by atoms with Gasteiger partial charge >= 0.3 is 0 Å². The summed E-state index contributed by atoms with van der Waals surface area (Å²) in [5, 5.41) is 4.06. The van der Waals surface area contributed by atoms with Gasteiger partial charge in [0.05, 0.1) is 18.1 Å². The van der Waals surface area contributed by atoms with Crippen LogP contribution in [0, 0.1) is 0 Å². The number of rotatable bonds is 5. The summed E-state index contributed by atoms with van der Waals surface area (Å²) < 4.78 is 7.28. The summed E-state index contributed by atoms with van der Waals surface area (Å²) in [5.41, 5.74) is 7.56. The van der Waals surface area contributed by atoms with Crippen molar-refractivity contribution >= 4 is 5.69 Å². The quantitative estimate of drug-likeness (QED) is 0.881. The Morgan fingerprint density at radius 3 is 2.61 bits per heavy atom. The molecule has 2 N–H and O–H groups in total. The molecule has 96 valence electrons. The molecule has 0 aliphatic carbocycles. The van der Waals surface area contributed by atoms with E-state index in [1.54, 1.807) is 17.1 Å². The van der Waals surface area contributed by atoms with Crippen molar-refractivity contribution in [3.8, 4) is 5.75 Å². The predicted molar refractivity (Wildman–Crippen MR) is 72.4 cm³/mol. The molecule has 18 heavy (non-hydrogen) atoms. The molecule has 1 unspecified atom stereocenters. The summed E-state index contributed by atoms with van der Waals surface area (Å²) in [7, 11) is 0. The molecule has 0 saturated carbocycles. The van der Waals surface area contributed by atoms with Crippen LogP contribution in [0.25, 0.3) is 0 Å². The molecule has 0 saturated heterocycles. The van der Waals surface area contributed by atoms with Gasteiger partial charge in [-0.1, -0.05) is 26.0 Å². The molecule has 0 spiro atoms. The van der Waals surface area contributed by atoms with Crippen LogP contribution in [0.5, 0.6) is 5.75 Å². The summed E-state index contributed by atoms with van der Waals surface area (Å²) in [6, 6.07) is 8.21. The van der Waals surface area contributed by atoms with Gasteiger partial charge in [0.15, 0.2) is 6.73 Å². The fourth-order valence-electron chi connectivity index (χ4n) is 1.72.